The summed E-state index contributed by atoms with van der Waals surface area (Å²) in [4.78, 5) is 4.63. The van der Waals surface area contributed by atoms with Gasteiger partial charge in [0.2, 0.25) is 10.0 Å². The number of nitrogens with one attached hydrogen (secondary N) is 1. The van der Waals surface area contributed by atoms with Gasteiger partial charge in [-0.2, -0.15) is 4.31 Å². The SMILES string of the molecule is O=S(=O)(c1ccc(Nc2cc3c(cn2)oc2cc(F)ccc23)cc1)N1CCCCC1. The van der Waals surface area contributed by atoms with E-state index in [0.717, 1.165) is 35.7 Å². The van der Waals surface area contributed by atoms with Crippen molar-refractivity contribution in [2.24, 2.45) is 0 Å². The second-order valence-electron chi connectivity index (χ2n) is 7.42. The average Bonchev–Trinajstić information content (AvgIpc) is 3.11. The molecule has 8 heteroatoms. The van der Waals surface area contributed by atoms with E-state index < -0.39 is 10.0 Å². The maximum absolute atomic E-state index is 13.4. The highest BCUT2D eigenvalue weighted by Gasteiger charge is 2.25. The third-order valence-electron chi connectivity index (χ3n) is 5.40. The Morgan fingerprint density at radius 3 is 2.47 bits per heavy atom. The van der Waals surface area contributed by atoms with Crippen molar-refractivity contribution in [3.05, 3.63) is 60.5 Å². The van der Waals surface area contributed by atoms with E-state index in [4.69, 9.17) is 4.42 Å². The fraction of sp³-hybridized carbons (Fsp3) is 0.227. The van der Waals surface area contributed by atoms with Gasteiger partial charge in [-0.05, 0) is 55.3 Å². The first kappa shape index (κ1) is 19.0. The molecule has 6 nitrogen and oxygen atoms in total. The Bertz CT molecular complexity index is 1330. The summed E-state index contributed by atoms with van der Waals surface area (Å²) in [5.74, 6) is 0.230. The van der Waals surface area contributed by atoms with Crippen LogP contribution >= 0.6 is 0 Å². The van der Waals surface area contributed by atoms with Crippen LogP contribution < -0.4 is 5.32 Å². The molecular formula is C22H20FN3O3S. The van der Waals surface area contributed by atoms with Crippen LogP contribution in [0.5, 0.6) is 0 Å². The van der Waals surface area contributed by atoms with Crippen molar-refractivity contribution in [3.63, 3.8) is 0 Å². The van der Waals surface area contributed by atoms with Crippen molar-refractivity contribution in [1.29, 1.82) is 0 Å². The van der Waals surface area contributed by atoms with Crippen LogP contribution in [0, 0.1) is 5.82 Å². The van der Waals surface area contributed by atoms with E-state index in [1.807, 2.05) is 6.07 Å². The summed E-state index contributed by atoms with van der Waals surface area (Å²) in [5, 5.41) is 4.82. The van der Waals surface area contributed by atoms with E-state index in [1.165, 1.54) is 12.1 Å². The molecule has 1 N–H and O–H groups in total. The first-order chi connectivity index (χ1) is 14.5. The minimum Gasteiger partial charge on any atom is -0.454 e. The smallest absolute Gasteiger partial charge is 0.243 e. The molecule has 154 valence electrons. The summed E-state index contributed by atoms with van der Waals surface area (Å²) >= 11 is 0. The first-order valence-electron chi connectivity index (χ1n) is 9.86. The Morgan fingerprint density at radius 1 is 0.933 bits per heavy atom. The minimum atomic E-state index is -3.45. The van der Waals surface area contributed by atoms with Gasteiger partial charge in [0.25, 0.3) is 0 Å². The Kier molecular flexibility index (Phi) is 4.67. The number of fused-ring (bicyclic) bond motifs is 3. The maximum Gasteiger partial charge on any atom is 0.243 e. The van der Waals surface area contributed by atoms with Crippen molar-refractivity contribution in [1.82, 2.24) is 9.29 Å². The predicted octanol–water partition coefficient (Wildman–Crippen LogP) is 5.04. The van der Waals surface area contributed by atoms with Crippen LogP contribution in [0.4, 0.5) is 15.9 Å². The lowest BCUT2D eigenvalue weighted by molar-refractivity contribution is 0.346. The van der Waals surface area contributed by atoms with E-state index in [0.29, 0.717) is 35.0 Å². The van der Waals surface area contributed by atoms with Crippen LogP contribution in [-0.2, 0) is 10.0 Å². The summed E-state index contributed by atoms with van der Waals surface area (Å²) in [7, 11) is -3.45. The third kappa shape index (κ3) is 3.42. The molecular weight excluding hydrogens is 405 g/mol. The highest BCUT2D eigenvalue weighted by molar-refractivity contribution is 7.89. The Labute approximate surface area is 173 Å². The molecule has 5 rings (SSSR count). The fourth-order valence-corrected chi connectivity index (χ4v) is 5.35. The number of sulfonamides is 1. The van der Waals surface area contributed by atoms with Gasteiger partial charge in [0.15, 0.2) is 5.58 Å². The standard InChI is InChI=1S/C22H20FN3O3S/c23-15-4-9-18-19-13-22(24-14-21(19)29-20(18)12-15)25-16-5-7-17(8-6-16)30(27,28)26-10-2-1-3-11-26/h4-9,12-14H,1-3,10-11H2,(H,24,25). The minimum absolute atomic E-state index is 0.293. The molecule has 1 aliphatic rings. The fourth-order valence-electron chi connectivity index (χ4n) is 3.84. The topological polar surface area (TPSA) is 75.4 Å². The molecule has 4 aromatic rings. The van der Waals surface area contributed by atoms with Crippen LogP contribution in [0.3, 0.4) is 0 Å². The molecule has 0 bridgehead atoms. The normalized spacial score (nSPS) is 15.6. The summed E-state index contributed by atoms with van der Waals surface area (Å²) < 4.78 is 46.2. The lowest BCUT2D eigenvalue weighted by Gasteiger charge is -2.25. The molecule has 0 radical (unpaired) electrons. The van der Waals surface area contributed by atoms with Gasteiger partial charge in [0.1, 0.15) is 17.2 Å². The van der Waals surface area contributed by atoms with Gasteiger partial charge in [-0.15, -0.1) is 0 Å². The van der Waals surface area contributed by atoms with Gasteiger partial charge in [0.05, 0.1) is 11.1 Å². The van der Waals surface area contributed by atoms with Gasteiger partial charge in [-0.3, -0.25) is 0 Å². The van der Waals surface area contributed by atoms with E-state index in [-0.39, 0.29) is 5.82 Å². The Balaban J connectivity index is 1.40. The number of pyridine rings is 1. The van der Waals surface area contributed by atoms with E-state index in [2.05, 4.69) is 10.3 Å². The van der Waals surface area contributed by atoms with Crippen LogP contribution in [0.15, 0.2) is 64.0 Å². The molecule has 2 aromatic carbocycles. The zero-order chi connectivity index (χ0) is 20.7. The number of anilines is 2. The van der Waals surface area contributed by atoms with E-state index in [9.17, 15) is 12.8 Å². The molecule has 1 aliphatic heterocycles. The van der Waals surface area contributed by atoms with Gasteiger partial charge < -0.3 is 9.73 Å². The number of piperidine rings is 1. The Morgan fingerprint density at radius 2 is 1.70 bits per heavy atom. The molecule has 2 aromatic heterocycles. The van der Waals surface area contributed by atoms with Crippen molar-refractivity contribution >= 4 is 43.5 Å². The summed E-state index contributed by atoms with van der Waals surface area (Å²) in [6.07, 6.45) is 4.47. The highest BCUT2D eigenvalue weighted by Crippen LogP contribution is 2.31. The number of aromatic nitrogens is 1. The van der Waals surface area contributed by atoms with Gasteiger partial charge in [-0.25, -0.2) is 17.8 Å². The number of hydrogen-bond donors (Lipinski definition) is 1. The van der Waals surface area contributed by atoms with Crippen LogP contribution in [0.25, 0.3) is 21.9 Å². The van der Waals surface area contributed by atoms with Crippen LogP contribution in [-0.4, -0.2) is 30.8 Å². The monoisotopic (exact) mass is 425 g/mol. The summed E-state index contributed by atoms with van der Waals surface area (Å²) in [6.45, 7) is 1.16. The lowest BCUT2D eigenvalue weighted by atomic mass is 10.2. The van der Waals surface area contributed by atoms with Crippen molar-refractivity contribution in [2.45, 2.75) is 24.2 Å². The quantitative estimate of drug-likeness (QED) is 0.496. The Hall–Kier alpha value is -2.97. The van der Waals surface area contributed by atoms with Crippen molar-refractivity contribution in [2.75, 3.05) is 18.4 Å². The van der Waals surface area contributed by atoms with Crippen molar-refractivity contribution in [3.8, 4) is 0 Å². The third-order valence-corrected chi connectivity index (χ3v) is 7.31. The largest absolute Gasteiger partial charge is 0.454 e. The van der Waals surface area contributed by atoms with E-state index >= 15 is 0 Å². The molecule has 30 heavy (non-hydrogen) atoms. The number of benzene rings is 2. The second kappa shape index (κ2) is 7.37. The first-order valence-corrected chi connectivity index (χ1v) is 11.3. The molecule has 0 amide bonds. The molecule has 3 heterocycles. The molecule has 0 unspecified atom stereocenters. The molecule has 1 saturated heterocycles. The molecule has 0 atom stereocenters. The lowest BCUT2D eigenvalue weighted by Crippen LogP contribution is -2.35. The number of furan rings is 1. The zero-order valence-electron chi connectivity index (χ0n) is 16.1. The summed E-state index contributed by atoms with van der Waals surface area (Å²) in [6, 6.07) is 12.9. The highest BCUT2D eigenvalue weighted by atomic mass is 32.2. The zero-order valence-corrected chi connectivity index (χ0v) is 17.0. The number of nitrogens with zero attached hydrogens (tertiary/aromatic N) is 2. The number of rotatable bonds is 4. The predicted molar refractivity (Wildman–Crippen MR) is 114 cm³/mol. The summed E-state index contributed by atoms with van der Waals surface area (Å²) in [5.41, 5.74) is 1.76. The van der Waals surface area contributed by atoms with Crippen LogP contribution in [0.1, 0.15) is 19.3 Å². The van der Waals surface area contributed by atoms with Crippen molar-refractivity contribution < 1.29 is 17.2 Å². The molecule has 0 spiro atoms. The number of halogens is 1. The number of hydrogen-bond acceptors (Lipinski definition) is 5. The van der Waals surface area contributed by atoms with E-state index in [1.54, 1.807) is 40.8 Å². The molecule has 1 fully saturated rings. The second-order valence-corrected chi connectivity index (χ2v) is 9.36. The molecule has 0 saturated carbocycles. The van der Waals surface area contributed by atoms with Crippen LogP contribution in [0.2, 0.25) is 0 Å². The molecule has 0 aliphatic carbocycles. The maximum atomic E-state index is 13.4. The van der Waals surface area contributed by atoms with Gasteiger partial charge >= 0.3 is 0 Å². The van der Waals surface area contributed by atoms with Gasteiger partial charge in [0, 0.05) is 35.6 Å². The average molecular weight is 425 g/mol. The van der Waals surface area contributed by atoms with Gasteiger partial charge in [-0.1, -0.05) is 6.42 Å².